The number of nitrogens with zero attached hydrogens (tertiary/aromatic N) is 3. The molecule has 2 heterocycles. The molecule has 28 heavy (non-hydrogen) atoms. The van der Waals surface area contributed by atoms with Crippen molar-refractivity contribution in [2.45, 2.75) is 25.7 Å². The summed E-state index contributed by atoms with van der Waals surface area (Å²) >= 11 is 0. The Balaban J connectivity index is 0.000000261. The van der Waals surface area contributed by atoms with Crippen LogP contribution in [0, 0.1) is 27.8 Å². The van der Waals surface area contributed by atoms with Gasteiger partial charge < -0.3 is 19.6 Å². The lowest BCUT2D eigenvalue weighted by atomic mass is 10.00. The molecule has 0 amide bonds. The molecule has 0 saturated carbocycles. The van der Waals surface area contributed by atoms with Crippen molar-refractivity contribution >= 4 is 5.69 Å². The van der Waals surface area contributed by atoms with Crippen LogP contribution in [0.1, 0.15) is 25.7 Å². The topological polar surface area (TPSA) is 79.1 Å². The summed E-state index contributed by atoms with van der Waals surface area (Å²) in [5.41, 5.74) is -0.262. The molecule has 1 aromatic carbocycles. The quantitative estimate of drug-likeness (QED) is 0.608. The Morgan fingerprint density at radius 3 is 2.29 bits per heavy atom. The van der Waals surface area contributed by atoms with Crippen LogP contribution in [0.4, 0.5) is 10.1 Å². The highest BCUT2D eigenvalue weighted by Crippen LogP contribution is 2.24. The number of nitro groups is 1. The van der Waals surface area contributed by atoms with Gasteiger partial charge in [0, 0.05) is 31.7 Å². The Morgan fingerprint density at radius 1 is 1.18 bits per heavy atom. The van der Waals surface area contributed by atoms with Crippen molar-refractivity contribution in [2.75, 3.05) is 53.5 Å². The first kappa shape index (κ1) is 22.5. The molecule has 0 bridgehead atoms. The van der Waals surface area contributed by atoms with Gasteiger partial charge in [0.15, 0.2) is 11.6 Å². The normalized spacial score (nSPS) is 23.6. The van der Waals surface area contributed by atoms with Crippen molar-refractivity contribution in [3.05, 3.63) is 34.1 Å². The van der Waals surface area contributed by atoms with Gasteiger partial charge in [0.2, 0.25) is 0 Å². The van der Waals surface area contributed by atoms with Gasteiger partial charge in [-0.05, 0) is 64.9 Å². The fourth-order valence-corrected chi connectivity index (χ4v) is 3.76. The number of nitro benzene ring substituents is 1. The SMILES string of the molecule is CN1CCCC(CO)C1.CN1CCCC(COc2ccc([N+](=O)[O-])cc2F)C1. The zero-order chi connectivity index (χ0) is 20.5. The van der Waals surface area contributed by atoms with E-state index in [4.69, 9.17) is 9.84 Å². The van der Waals surface area contributed by atoms with Crippen LogP contribution in [0.5, 0.6) is 5.75 Å². The summed E-state index contributed by atoms with van der Waals surface area (Å²) in [6.07, 6.45) is 4.65. The first-order valence-electron chi connectivity index (χ1n) is 9.93. The second-order valence-corrected chi connectivity index (χ2v) is 7.91. The molecular weight excluding hydrogens is 365 g/mol. The summed E-state index contributed by atoms with van der Waals surface area (Å²) in [6.45, 7) is 5.12. The van der Waals surface area contributed by atoms with Gasteiger partial charge in [-0.1, -0.05) is 0 Å². The predicted octanol–water partition coefficient (Wildman–Crippen LogP) is 2.78. The lowest BCUT2D eigenvalue weighted by Gasteiger charge is -2.29. The molecule has 2 saturated heterocycles. The number of rotatable bonds is 5. The minimum Gasteiger partial charge on any atom is -0.490 e. The molecular formula is C20H32FN3O4. The second-order valence-electron chi connectivity index (χ2n) is 7.91. The fourth-order valence-electron chi connectivity index (χ4n) is 3.76. The highest BCUT2D eigenvalue weighted by Gasteiger charge is 2.19. The molecule has 0 aliphatic carbocycles. The summed E-state index contributed by atoms with van der Waals surface area (Å²) in [4.78, 5) is 14.4. The van der Waals surface area contributed by atoms with Crippen molar-refractivity contribution in [1.29, 1.82) is 0 Å². The number of likely N-dealkylation sites (tertiary alicyclic amines) is 2. The standard InChI is InChI=1S/C13H17FN2O3.C7H15NO/c1-15-6-2-3-10(8-15)9-19-13-5-4-11(16(17)18)7-12(13)14;1-8-4-2-3-7(5-8)6-9/h4-5,7,10H,2-3,6,8-9H2,1H3;7,9H,2-6H2,1H3. The van der Waals surface area contributed by atoms with Crippen LogP contribution in [-0.2, 0) is 0 Å². The number of piperidine rings is 2. The zero-order valence-corrected chi connectivity index (χ0v) is 16.8. The van der Waals surface area contributed by atoms with Crippen LogP contribution < -0.4 is 4.74 Å². The van der Waals surface area contributed by atoms with Crippen molar-refractivity contribution in [1.82, 2.24) is 9.80 Å². The van der Waals surface area contributed by atoms with Gasteiger partial charge in [0.05, 0.1) is 17.6 Å². The molecule has 2 aliphatic rings. The second kappa shape index (κ2) is 11.3. The Hall–Kier alpha value is -1.77. The van der Waals surface area contributed by atoms with Gasteiger partial charge in [-0.15, -0.1) is 0 Å². The van der Waals surface area contributed by atoms with Gasteiger partial charge in [-0.3, -0.25) is 10.1 Å². The molecule has 8 heteroatoms. The van der Waals surface area contributed by atoms with Crippen LogP contribution in [-0.4, -0.2) is 73.3 Å². The number of non-ortho nitro benzene ring substituents is 1. The number of aliphatic hydroxyl groups is 1. The summed E-state index contributed by atoms with van der Waals surface area (Å²) in [5.74, 6) is 0.328. The number of hydrogen-bond acceptors (Lipinski definition) is 6. The molecule has 2 atom stereocenters. The Bertz CT molecular complexity index is 631. The summed E-state index contributed by atoms with van der Waals surface area (Å²) in [6, 6.07) is 3.47. The highest BCUT2D eigenvalue weighted by molar-refractivity contribution is 5.37. The van der Waals surface area contributed by atoms with Crippen molar-refractivity contribution in [3.8, 4) is 5.75 Å². The molecule has 0 spiro atoms. The average molecular weight is 397 g/mol. The van der Waals surface area contributed by atoms with Gasteiger partial charge in [-0.25, -0.2) is 4.39 Å². The number of halogens is 1. The van der Waals surface area contributed by atoms with E-state index in [1.807, 2.05) is 0 Å². The van der Waals surface area contributed by atoms with Gasteiger partial charge in [0.25, 0.3) is 5.69 Å². The summed E-state index contributed by atoms with van der Waals surface area (Å²) in [7, 11) is 4.17. The van der Waals surface area contributed by atoms with Crippen LogP contribution in [0.3, 0.4) is 0 Å². The van der Waals surface area contributed by atoms with E-state index in [1.165, 1.54) is 31.5 Å². The Kier molecular flexibility index (Phi) is 9.08. The smallest absolute Gasteiger partial charge is 0.272 e. The average Bonchev–Trinajstić information content (AvgIpc) is 2.67. The summed E-state index contributed by atoms with van der Waals surface area (Å²) in [5, 5.41) is 19.3. The van der Waals surface area contributed by atoms with E-state index >= 15 is 0 Å². The van der Waals surface area contributed by atoms with E-state index in [0.29, 0.717) is 25.0 Å². The zero-order valence-electron chi connectivity index (χ0n) is 16.8. The van der Waals surface area contributed by atoms with Gasteiger partial charge in [0.1, 0.15) is 0 Å². The molecule has 2 unspecified atom stereocenters. The minimum absolute atomic E-state index is 0.0822. The van der Waals surface area contributed by atoms with E-state index < -0.39 is 10.7 Å². The molecule has 2 fully saturated rings. The lowest BCUT2D eigenvalue weighted by Crippen LogP contribution is -2.34. The molecule has 2 aliphatic heterocycles. The van der Waals surface area contributed by atoms with E-state index in [1.54, 1.807) is 0 Å². The molecule has 1 aromatic rings. The summed E-state index contributed by atoms with van der Waals surface area (Å²) < 4.78 is 19.0. The number of ether oxygens (including phenoxy) is 1. The Labute approximate surface area is 166 Å². The van der Waals surface area contributed by atoms with E-state index in [-0.39, 0.29) is 11.4 Å². The monoisotopic (exact) mass is 397 g/mol. The van der Waals surface area contributed by atoms with Crippen LogP contribution in [0.25, 0.3) is 0 Å². The molecule has 158 valence electrons. The number of benzene rings is 1. The first-order valence-corrected chi connectivity index (χ1v) is 9.93. The van der Waals surface area contributed by atoms with Crippen LogP contribution in [0.2, 0.25) is 0 Å². The maximum absolute atomic E-state index is 13.6. The maximum atomic E-state index is 13.6. The largest absolute Gasteiger partial charge is 0.490 e. The molecule has 0 radical (unpaired) electrons. The number of hydrogen-bond donors (Lipinski definition) is 1. The van der Waals surface area contributed by atoms with E-state index in [0.717, 1.165) is 38.5 Å². The first-order chi connectivity index (χ1) is 13.4. The van der Waals surface area contributed by atoms with Crippen LogP contribution in [0.15, 0.2) is 18.2 Å². The Morgan fingerprint density at radius 2 is 1.79 bits per heavy atom. The van der Waals surface area contributed by atoms with E-state index in [9.17, 15) is 14.5 Å². The fraction of sp³-hybridized carbons (Fsp3) is 0.700. The maximum Gasteiger partial charge on any atom is 0.272 e. The van der Waals surface area contributed by atoms with Gasteiger partial charge in [-0.2, -0.15) is 0 Å². The lowest BCUT2D eigenvalue weighted by molar-refractivity contribution is -0.385. The highest BCUT2D eigenvalue weighted by atomic mass is 19.1. The molecule has 1 N–H and O–H groups in total. The minimum atomic E-state index is -0.682. The van der Waals surface area contributed by atoms with Gasteiger partial charge >= 0.3 is 0 Å². The van der Waals surface area contributed by atoms with Crippen molar-refractivity contribution < 1.29 is 19.2 Å². The third-order valence-electron chi connectivity index (χ3n) is 5.30. The molecule has 3 rings (SSSR count). The third-order valence-corrected chi connectivity index (χ3v) is 5.30. The molecule has 7 nitrogen and oxygen atoms in total. The number of aliphatic hydroxyl groups excluding tert-OH is 1. The van der Waals surface area contributed by atoms with Crippen molar-refractivity contribution in [2.24, 2.45) is 11.8 Å². The molecule has 0 aromatic heterocycles. The third kappa shape index (κ3) is 7.33. The van der Waals surface area contributed by atoms with E-state index in [2.05, 4.69) is 23.9 Å². The van der Waals surface area contributed by atoms with Crippen LogP contribution >= 0.6 is 0 Å². The predicted molar refractivity (Wildman–Crippen MR) is 106 cm³/mol. The van der Waals surface area contributed by atoms with Crippen molar-refractivity contribution in [3.63, 3.8) is 0 Å².